The first-order valence-corrected chi connectivity index (χ1v) is 6.06. The molecule has 1 aliphatic carbocycles. The quantitative estimate of drug-likeness (QED) is 0.786. The summed E-state index contributed by atoms with van der Waals surface area (Å²) < 4.78 is 4.80. The van der Waals surface area contributed by atoms with E-state index in [1.54, 1.807) is 11.9 Å². The van der Waals surface area contributed by atoms with Crippen molar-refractivity contribution in [2.45, 2.75) is 38.6 Å². The topological polar surface area (TPSA) is 66.8 Å². The number of carboxylic acid groups (broad SMARTS) is 1. The zero-order valence-electron chi connectivity index (χ0n) is 10.5. The molecule has 0 saturated heterocycles. The molecule has 0 heterocycles. The van der Waals surface area contributed by atoms with Crippen LogP contribution in [0.15, 0.2) is 0 Å². The first-order valence-electron chi connectivity index (χ1n) is 6.06. The Morgan fingerprint density at radius 2 is 1.82 bits per heavy atom. The van der Waals surface area contributed by atoms with E-state index >= 15 is 0 Å². The highest BCUT2D eigenvalue weighted by Crippen LogP contribution is 2.26. The smallest absolute Gasteiger partial charge is 0.329 e. The van der Waals surface area contributed by atoms with E-state index in [1.165, 1.54) is 0 Å². The largest absolute Gasteiger partial charge is 0.480 e. The summed E-state index contributed by atoms with van der Waals surface area (Å²) >= 11 is 0. The van der Waals surface area contributed by atoms with E-state index in [0.717, 1.165) is 31.6 Å². The van der Waals surface area contributed by atoms with Crippen molar-refractivity contribution in [1.82, 2.24) is 4.90 Å². The monoisotopic (exact) mass is 243 g/mol. The molecule has 5 nitrogen and oxygen atoms in total. The van der Waals surface area contributed by atoms with Gasteiger partial charge in [-0.2, -0.15) is 0 Å². The Balaban J connectivity index is 2.28. The number of rotatable bonds is 5. The van der Waals surface area contributed by atoms with Crippen LogP contribution in [0.25, 0.3) is 0 Å². The Labute approximate surface area is 102 Å². The van der Waals surface area contributed by atoms with Gasteiger partial charge in [0.25, 0.3) is 0 Å². The summed E-state index contributed by atoms with van der Waals surface area (Å²) in [5.74, 6) is -0.434. The van der Waals surface area contributed by atoms with Crippen LogP contribution in [0.4, 0.5) is 0 Å². The molecule has 0 aromatic rings. The molecule has 0 aliphatic heterocycles. The number of ether oxygens (including phenoxy) is 1. The third-order valence-electron chi connectivity index (χ3n) is 3.38. The minimum atomic E-state index is -1.05. The van der Waals surface area contributed by atoms with Crippen molar-refractivity contribution in [3.8, 4) is 0 Å². The van der Waals surface area contributed by atoms with E-state index in [-0.39, 0.29) is 18.6 Å². The zero-order valence-corrected chi connectivity index (χ0v) is 10.5. The van der Waals surface area contributed by atoms with Crippen LogP contribution in [0, 0.1) is 5.92 Å². The Morgan fingerprint density at radius 1 is 1.24 bits per heavy atom. The highest BCUT2D eigenvalue weighted by atomic mass is 16.5. The van der Waals surface area contributed by atoms with E-state index in [2.05, 4.69) is 6.92 Å². The van der Waals surface area contributed by atoms with Gasteiger partial charge in [0.1, 0.15) is 13.2 Å². The molecule has 1 saturated carbocycles. The van der Waals surface area contributed by atoms with Gasteiger partial charge in [0.05, 0.1) is 0 Å². The van der Waals surface area contributed by atoms with E-state index in [1.807, 2.05) is 0 Å². The average molecular weight is 243 g/mol. The van der Waals surface area contributed by atoms with Gasteiger partial charge in [0.15, 0.2) is 0 Å². The fourth-order valence-corrected chi connectivity index (χ4v) is 2.16. The number of hydrogen-bond donors (Lipinski definition) is 1. The van der Waals surface area contributed by atoms with E-state index in [9.17, 15) is 9.59 Å². The summed E-state index contributed by atoms with van der Waals surface area (Å²) in [6, 6.07) is 0.284. The van der Waals surface area contributed by atoms with Crippen LogP contribution in [0.3, 0.4) is 0 Å². The number of carbonyl (C=O) groups excluding carboxylic acids is 1. The molecule has 1 N–H and O–H groups in total. The van der Waals surface area contributed by atoms with E-state index in [0.29, 0.717) is 0 Å². The van der Waals surface area contributed by atoms with Gasteiger partial charge in [-0.3, -0.25) is 4.79 Å². The number of likely N-dealkylation sites (N-methyl/N-ethyl adjacent to an activating group) is 1. The molecule has 0 aromatic heterocycles. The lowest BCUT2D eigenvalue weighted by molar-refractivity contribution is -0.146. The van der Waals surface area contributed by atoms with Crippen molar-refractivity contribution in [2.24, 2.45) is 5.92 Å². The summed E-state index contributed by atoms with van der Waals surface area (Å²) in [7, 11) is 1.77. The number of nitrogens with zero attached hydrogens (tertiary/aromatic N) is 1. The number of amides is 1. The summed E-state index contributed by atoms with van der Waals surface area (Å²) in [6.07, 6.45) is 4.36. The Bertz CT molecular complexity index is 272. The molecular formula is C12H21NO4. The highest BCUT2D eigenvalue weighted by molar-refractivity contribution is 5.78. The van der Waals surface area contributed by atoms with Crippen LogP contribution >= 0.6 is 0 Å². The molecule has 1 fully saturated rings. The molecule has 1 aliphatic rings. The summed E-state index contributed by atoms with van der Waals surface area (Å²) in [5.41, 5.74) is 0. The normalized spacial score (nSPS) is 24.4. The van der Waals surface area contributed by atoms with E-state index in [4.69, 9.17) is 9.84 Å². The molecule has 0 radical (unpaired) electrons. The predicted octanol–water partition coefficient (Wildman–Crippen LogP) is 1.12. The first-order chi connectivity index (χ1) is 8.00. The van der Waals surface area contributed by atoms with Gasteiger partial charge in [0, 0.05) is 13.1 Å². The lowest BCUT2D eigenvalue weighted by atomic mass is 9.87. The predicted molar refractivity (Wildman–Crippen MR) is 62.6 cm³/mol. The second kappa shape index (κ2) is 6.59. The second-order valence-electron chi connectivity index (χ2n) is 4.80. The number of carbonyl (C=O) groups is 2. The SMILES string of the molecule is CC1CCC(N(C)C(=O)COCC(=O)O)CC1. The maximum Gasteiger partial charge on any atom is 0.329 e. The van der Waals surface area contributed by atoms with E-state index < -0.39 is 12.6 Å². The Hall–Kier alpha value is -1.10. The second-order valence-corrected chi connectivity index (χ2v) is 4.80. The lowest BCUT2D eigenvalue weighted by Crippen LogP contribution is -2.41. The summed E-state index contributed by atoms with van der Waals surface area (Å²) in [4.78, 5) is 23.7. The van der Waals surface area contributed by atoms with Crippen LogP contribution in [-0.2, 0) is 14.3 Å². The molecule has 5 heteroatoms. The van der Waals surface area contributed by atoms with Gasteiger partial charge in [0.2, 0.25) is 5.91 Å². The van der Waals surface area contributed by atoms with Crippen LogP contribution in [0.5, 0.6) is 0 Å². The summed E-state index contributed by atoms with van der Waals surface area (Å²) in [6.45, 7) is 1.67. The van der Waals surface area contributed by atoms with Crippen molar-refractivity contribution in [3.05, 3.63) is 0 Å². The zero-order chi connectivity index (χ0) is 12.8. The standard InChI is InChI=1S/C12H21NO4/c1-9-3-5-10(6-4-9)13(2)11(14)7-17-8-12(15)16/h9-10H,3-8H2,1-2H3,(H,15,16). The molecule has 98 valence electrons. The molecule has 1 amide bonds. The molecule has 0 unspecified atom stereocenters. The number of carboxylic acids is 1. The van der Waals surface area contributed by atoms with Crippen molar-refractivity contribution >= 4 is 11.9 Å². The van der Waals surface area contributed by atoms with Crippen molar-refractivity contribution in [2.75, 3.05) is 20.3 Å². The van der Waals surface area contributed by atoms with Gasteiger partial charge in [-0.15, -0.1) is 0 Å². The van der Waals surface area contributed by atoms with Gasteiger partial charge in [-0.25, -0.2) is 4.79 Å². The van der Waals surface area contributed by atoms with Crippen LogP contribution in [0.1, 0.15) is 32.6 Å². The van der Waals surface area contributed by atoms with Crippen molar-refractivity contribution in [1.29, 1.82) is 0 Å². The molecular weight excluding hydrogens is 222 g/mol. The number of aliphatic carboxylic acids is 1. The highest BCUT2D eigenvalue weighted by Gasteiger charge is 2.24. The van der Waals surface area contributed by atoms with Gasteiger partial charge in [-0.1, -0.05) is 6.92 Å². The van der Waals surface area contributed by atoms with Crippen LogP contribution < -0.4 is 0 Å². The molecule has 0 spiro atoms. The van der Waals surface area contributed by atoms with Gasteiger partial charge in [-0.05, 0) is 31.6 Å². The lowest BCUT2D eigenvalue weighted by Gasteiger charge is -2.33. The minimum absolute atomic E-state index is 0.134. The molecule has 0 aromatic carbocycles. The molecule has 0 atom stereocenters. The maximum atomic E-state index is 11.7. The van der Waals surface area contributed by atoms with Crippen molar-refractivity contribution < 1.29 is 19.4 Å². The molecule has 1 rings (SSSR count). The minimum Gasteiger partial charge on any atom is -0.480 e. The fourth-order valence-electron chi connectivity index (χ4n) is 2.16. The Morgan fingerprint density at radius 3 is 2.35 bits per heavy atom. The molecule has 0 bridgehead atoms. The number of hydrogen-bond acceptors (Lipinski definition) is 3. The maximum absolute atomic E-state index is 11.7. The van der Waals surface area contributed by atoms with Gasteiger partial charge >= 0.3 is 5.97 Å². The fraction of sp³-hybridized carbons (Fsp3) is 0.833. The van der Waals surface area contributed by atoms with Gasteiger partial charge < -0.3 is 14.7 Å². The average Bonchev–Trinajstić information content (AvgIpc) is 2.28. The summed E-state index contributed by atoms with van der Waals surface area (Å²) in [5, 5.41) is 8.39. The van der Waals surface area contributed by atoms with Crippen LogP contribution in [0.2, 0.25) is 0 Å². The third kappa shape index (κ3) is 4.73. The molecule has 17 heavy (non-hydrogen) atoms. The van der Waals surface area contributed by atoms with Crippen molar-refractivity contribution in [3.63, 3.8) is 0 Å². The van der Waals surface area contributed by atoms with Crippen LogP contribution in [-0.4, -0.2) is 48.2 Å². The third-order valence-corrected chi connectivity index (χ3v) is 3.38. The Kier molecular flexibility index (Phi) is 5.41. The first kappa shape index (κ1) is 14.0.